The molecule has 2 amide bonds. The highest BCUT2D eigenvalue weighted by Crippen LogP contribution is 2.25. The first-order valence-corrected chi connectivity index (χ1v) is 14.0. The summed E-state index contributed by atoms with van der Waals surface area (Å²) in [4.78, 5) is 28.3. The maximum atomic E-state index is 13.7. The first-order chi connectivity index (χ1) is 16.5. The highest BCUT2D eigenvalue weighted by atomic mass is 32.2. The van der Waals surface area contributed by atoms with Crippen molar-refractivity contribution in [1.82, 2.24) is 10.2 Å². The lowest BCUT2D eigenvalue weighted by Gasteiger charge is -2.33. The smallest absolute Gasteiger partial charge is 0.244 e. The van der Waals surface area contributed by atoms with Crippen LogP contribution in [0.5, 0.6) is 0 Å². The molecule has 0 aromatic heterocycles. The van der Waals surface area contributed by atoms with Gasteiger partial charge in [0.15, 0.2) is 0 Å². The Morgan fingerprint density at radius 3 is 2.20 bits per heavy atom. The van der Waals surface area contributed by atoms with Gasteiger partial charge in [-0.3, -0.25) is 13.9 Å². The van der Waals surface area contributed by atoms with Crippen LogP contribution in [0.3, 0.4) is 0 Å². The summed E-state index contributed by atoms with van der Waals surface area (Å²) in [7, 11) is -3.74. The number of hydrogen-bond donors (Lipinski definition) is 1. The Kier molecular flexibility index (Phi) is 10.3. The minimum absolute atomic E-state index is 0.0231. The molecule has 0 unspecified atom stereocenters. The van der Waals surface area contributed by atoms with Crippen molar-refractivity contribution >= 4 is 27.5 Å². The van der Waals surface area contributed by atoms with Gasteiger partial charge in [0.2, 0.25) is 21.8 Å². The third kappa shape index (κ3) is 7.82. The van der Waals surface area contributed by atoms with Crippen molar-refractivity contribution in [2.24, 2.45) is 0 Å². The Bertz CT molecular complexity index is 1100. The Balaban J connectivity index is 2.40. The Hall–Kier alpha value is -2.87. The number of nitrogens with one attached hydrogen (secondary N) is 1. The van der Waals surface area contributed by atoms with Gasteiger partial charge < -0.3 is 10.2 Å². The summed E-state index contributed by atoms with van der Waals surface area (Å²) in [6.07, 6.45) is 2.85. The molecule has 7 nitrogen and oxygen atoms in total. The van der Waals surface area contributed by atoms with Crippen molar-refractivity contribution < 1.29 is 18.0 Å². The van der Waals surface area contributed by atoms with Gasteiger partial charge in [-0.2, -0.15) is 0 Å². The van der Waals surface area contributed by atoms with E-state index in [4.69, 9.17) is 0 Å². The van der Waals surface area contributed by atoms with Crippen LogP contribution in [0.2, 0.25) is 0 Å². The van der Waals surface area contributed by atoms with Gasteiger partial charge >= 0.3 is 0 Å². The summed E-state index contributed by atoms with van der Waals surface area (Å²) in [5, 5.41) is 2.98. The lowest BCUT2D eigenvalue weighted by molar-refractivity contribution is -0.139. The van der Waals surface area contributed by atoms with Crippen LogP contribution in [0.1, 0.15) is 50.3 Å². The minimum Gasteiger partial charge on any atom is -0.352 e. The van der Waals surface area contributed by atoms with E-state index in [9.17, 15) is 18.0 Å². The summed E-state index contributed by atoms with van der Waals surface area (Å²) in [6.45, 7) is 9.45. The molecule has 1 N–H and O–H groups in total. The third-order valence-corrected chi connectivity index (χ3v) is 7.52. The molecule has 35 heavy (non-hydrogen) atoms. The number of rotatable bonds is 12. The van der Waals surface area contributed by atoms with Crippen molar-refractivity contribution in [3.05, 3.63) is 65.2 Å². The summed E-state index contributed by atoms with van der Waals surface area (Å²) in [6, 6.07) is 14.4. The highest BCUT2D eigenvalue weighted by Gasteiger charge is 2.32. The monoisotopic (exact) mass is 501 g/mol. The van der Waals surface area contributed by atoms with Crippen LogP contribution in [-0.4, -0.2) is 56.6 Å². The van der Waals surface area contributed by atoms with Gasteiger partial charge in [-0.05, 0) is 62.8 Å². The Morgan fingerprint density at radius 2 is 1.63 bits per heavy atom. The zero-order chi connectivity index (χ0) is 26.2. The molecule has 0 aliphatic rings. The fraction of sp³-hybridized carbons (Fsp3) is 0.481. The maximum Gasteiger partial charge on any atom is 0.244 e. The lowest BCUT2D eigenvalue weighted by Crippen LogP contribution is -2.54. The van der Waals surface area contributed by atoms with Gasteiger partial charge in [0, 0.05) is 12.6 Å². The van der Waals surface area contributed by atoms with E-state index in [1.165, 1.54) is 4.90 Å². The van der Waals surface area contributed by atoms with Crippen LogP contribution in [0.15, 0.2) is 48.5 Å². The van der Waals surface area contributed by atoms with E-state index in [-0.39, 0.29) is 18.5 Å². The van der Waals surface area contributed by atoms with Crippen molar-refractivity contribution in [2.45, 2.75) is 66.0 Å². The van der Waals surface area contributed by atoms with Crippen molar-refractivity contribution in [3.8, 4) is 0 Å². The van der Waals surface area contributed by atoms with E-state index in [1.807, 2.05) is 71.0 Å². The highest BCUT2D eigenvalue weighted by molar-refractivity contribution is 7.92. The average Bonchev–Trinajstić information content (AvgIpc) is 2.81. The average molecular weight is 502 g/mol. The fourth-order valence-corrected chi connectivity index (χ4v) is 4.84. The number of carbonyl (C=O) groups excluding carboxylic acids is 2. The second-order valence-corrected chi connectivity index (χ2v) is 11.0. The van der Waals surface area contributed by atoms with E-state index >= 15 is 0 Å². The van der Waals surface area contributed by atoms with Crippen LogP contribution in [0, 0.1) is 13.8 Å². The Labute approximate surface area is 210 Å². The molecule has 2 aromatic carbocycles. The number of aryl methyl sites for hydroxylation is 1. The Morgan fingerprint density at radius 1 is 0.971 bits per heavy atom. The molecular weight excluding hydrogens is 462 g/mol. The van der Waals surface area contributed by atoms with Gasteiger partial charge in [-0.25, -0.2) is 8.42 Å². The van der Waals surface area contributed by atoms with Gasteiger partial charge in [-0.1, -0.05) is 56.3 Å². The van der Waals surface area contributed by atoms with Crippen LogP contribution in [-0.2, 0) is 26.0 Å². The zero-order valence-electron chi connectivity index (χ0n) is 21.7. The topological polar surface area (TPSA) is 86.8 Å². The van der Waals surface area contributed by atoms with E-state index < -0.39 is 22.0 Å². The van der Waals surface area contributed by atoms with E-state index in [2.05, 4.69) is 5.32 Å². The number of hydrogen-bond acceptors (Lipinski definition) is 4. The van der Waals surface area contributed by atoms with Gasteiger partial charge in [0.25, 0.3) is 0 Å². The predicted molar refractivity (Wildman–Crippen MR) is 142 cm³/mol. The van der Waals surface area contributed by atoms with Gasteiger partial charge in [-0.15, -0.1) is 0 Å². The SMILES string of the molecule is CC[C@H](C)NC(=O)[C@H](CC)N(CCc1ccccc1)C(=O)CN(c1cccc(C)c1C)S(C)(=O)=O. The first kappa shape index (κ1) is 28.4. The molecule has 0 aliphatic carbocycles. The van der Waals surface area contributed by atoms with Crippen LogP contribution in [0.25, 0.3) is 0 Å². The number of nitrogens with zero attached hydrogens (tertiary/aromatic N) is 2. The molecule has 0 spiro atoms. The van der Waals surface area contributed by atoms with Gasteiger partial charge in [0.1, 0.15) is 12.6 Å². The number of carbonyl (C=O) groups is 2. The van der Waals surface area contributed by atoms with Crippen LogP contribution < -0.4 is 9.62 Å². The molecule has 8 heteroatoms. The molecule has 192 valence electrons. The molecular formula is C27H39N3O4S. The van der Waals surface area contributed by atoms with Crippen LogP contribution >= 0.6 is 0 Å². The molecule has 2 aromatic rings. The zero-order valence-corrected chi connectivity index (χ0v) is 22.6. The second kappa shape index (κ2) is 12.7. The number of sulfonamides is 1. The first-order valence-electron chi connectivity index (χ1n) is 12.2. The standard InChI is InChI=1S/C27H39N3O4S/c1-7-21(4)28-27(32)24(8-2)29(18-17-23-14-10-9-11-15-23)26(31)19-30(35(6,33)34)25-16-12-13-20(3)22(25)5/h9-16,21,24H,7-8,17-19H2,1-6H3,(H,28,32)/t21-,24-/m0/s1. The summed E-state index contributed by atoms with van der Waals surface area (Å²) >= 11 is 0. The minimum atomic E-state index is -3.74. The normalized spacial score (nSPS) is 13.1. The molecule has 0 saturated heterocycles. The number of benzene rings is 2. The number of anilines is 1. The largest absolute Gasteiger partial charge is 0.352 e. The lowest BCUT2D eigenvalue weighted by atomic mass is 10.1. The molecule has 0 heterocycles. The summed E-state index contributed by atoms with van der Waals surface area (Å²) in [5.74, 6) is -0.626. The predicted octanol–water partition coefficient (Wildman–Crippen LogP) is 3.83. The van der Waals surface area contributed by atoms with Crippen molar-refractivity contribution in [3.63, 3.8) is 0 Å². The van der Waals surface area contributed by atoms with E-state index in [0.29, 0.717) is 25.1 Å². The van der Waals surface area contributed by atoms with Crippen molar-refractivity contribution in [2.75, 3.05) is 23.7 Å². The molecule has 0 fully saturated rings. The van der Waals surface area contributed by atoms with E-state index in [1.54, 1.807) is 12.1 Å². The molecule has 0 bridgehead atoms. The van der Waals surface area contributed by atoms with Crippen LogP contribution in [0.4, 0.5) is 5.69 Å². The van der Waals surface area contributed by atoms with E-state index in [0.717, 1.165) is 33.7 Å². The van der Waals surface area contributed by atoms with Crippen molar-refractivity contribution in [1.29, 1.82) is 0 Å². The molecule has 0 aliphatic heterocycles. The third-order valence-electron chi connectivity index (χ3n) is 6.40. The fourth-order valence-electron chi connectivity index (χ4n) is 3.94. The van der Waals surface area contributed by atoms with Gasteiger partial charge in [0.05, 0.1) is 11.9 Å². The number of amides is 2. The summed E-state index contributed by atoms with van der Waals surface area (Å²) < 4.78 is 26.7. The quantitative estimate of drug-likeness (QED) is 0.479. The molecule has 2 atom stereocenters. The maximum absolute atomic E-state index is 13.7. The molecule has 2 rings (SSSR count). The second-order valence-electron chi connectivity index (χ2n) is 9.05. The molecule has 0 saturated carbocycles. The summed E-state index contributed by atoms with van der Waals surface area (Å²) in [5.41, 5.74) is 3.24. The molecule has 0 radical (unpaired) electrons.